The Morgan fingerprint density at radius 2 is 1.89 bits per heavy atom. The first-order valence-electron chi connectivity index (χ1n) is 6.03. The van der Waals surface area contributed by atoms with E-state index in [1.54, 1.807) is 0 Å². The maximum Gasteiger partial charge on any atom is 0.0992 e. The zero-order chi connectivity index (χ0) is 13.0. The molecule has 2 aromatic rings. The quantitative estimate of drug-likeness (QED) is 0.873. The number of hydrogen-bond acceptors (Lipinski definition) is 2. The van der Waals surface area contributed by atoms with Crippen molar-refractivity contribution < 1.29 is 0 Å². The number of aryl methyl sites for hydroxylation is 1. The molecule has 0 fully saturated rings. The minimum Gasteiger partial charge on any atom is -0.378 e. The van der Waals surface area contributed by atoms with Crippen LogP contribution in [0.3, 0.4) is 0 Å². The molecule has 0 radical (unpaired) electrons. The average Bonchev–Trinajstić information content (AvgIpc) is 2.39. The molecule has 2 rings (SSSR count). The summed E-state index contributed by atoms with van der Waals surface area (Å²) in [7, 11) is 0. The molecule has 1 atom stereocenters. The van der Waals surface area contributed by atoms with Gasteiger partial charge in [0.2, 0.25) is 0 Å². The van der Waals surface area contributed by atoms with E-state index in [9.17, 15) is 0 Å². The first kappa shape index (κ1) is 12.2. The third-order valence-corrected chi connectivity index (χ3v) is 3.03. The van der Waals surface area contributed by atoms with E-state index in [0.29, 0.717) is 5.56 Å². The highest BCUT2D eigenvalue weighted by molar-refractivity contribution is 5.51. The summed E-state index contributed by atoms with van der Waals surface area (Å²) in [5.74, 6) is 0. The van der Waals surface area contributed by atoms with Crippen molar-refractivity contribution in [2.75, 3.05) is 5.32 Å². The lowest BCUT2D eigenvalue weighted by molar-refractivity contribution is 0.874. The smallest absolute Gasteiger partial charge is 0.0992 e. The van der Waals surface area contributed by atoms with Crippen LogP contribution in [0.4, 0.5) is 5.69 Å². The van der Waals surface area contributed by atoms with E-state index in [2.05, 4.69) is 37.4 Å². The molecular weight excluding hydrogens is 220 g/mol. The fraction of sp³-hybridized carbons (Fsp3) is 0.188. The van der Waals surface area contributed by atoms with Crippen LogP contribution in [0.2, 0.25) is 0 Å². The zero-order valence-corrected chi connectivity index (χ0v) is 10.6. The molecule has 1 unspecified atom stereocenters. The maximum atomic E-state index is 8.88. The van der Waals surface area contributed by atoms with Crippen LogP contribution in [0.15, 0.2) is 48.5 Å². The molecule has 2 nitrogen and oxygen atoms in total. The van der Waals surface area contributed by atoms with Crippen LogP contribution in [-0.2, 0) is 0 Å². The molecule has 0 spiro atoms. The van der Waals surface area contributed by atoms with Gasteiger partial charge in [0.15, 0.2) is 0 Å². The Hall–Kier alpha value is -2.27. The van der Waals surface area contributed by atoms with Gasteiger partial charge in [0.25, 0.3) is 0 Å². The van der Waals surface area contributed by atoms with E-state index in [1.807, 2.05) is 36.4 Å². The van der Waals surface area contributed by atoms with Gasteiger partial charge < -0.3 is 5.32 Å². The number of rotatable bonds is 3. The van der Waals surface area contributed by atoms with Crippen molar-refractivity contribution >= 4 is 5.69 Å². The number of nitrogens with zero attached hydrogens (tertiary/aromatic N) is 1. The van der Waals surface area contributed by atoms with Gasteiger partial charge in [0.1, 0.15) is 0 Å². The molecule has 18 heavy (non-hydrogen) atoms. The minimum absolute atomic E-state index is 0.222. The lowest BCUT2D eigenvalue weighted by Crippen LogP contribution is -2.08. The fourth-order valence-corrected chi connectivity index (χ4v) is 2.08. The first-order valence-corrected chi connectivity index (χ1v) is 6.03. The van der Waals surface area contributed by atoms with Gasteiger partial charge in [-0.2, -0.15) is 5.26 Å². The normalized spacial score (nSPS) is 11.6. The van der Waals surface area contributed by atoms with Crippen molar-refractivity contribution in [1.29, 1.82) is 5.26 Å². The standard InChI is InChI=1S/C16H16N2/c1-12-6-3-4-9-16(12)13(2)18-15-8-5-7-14(10-15)11-17/h3-10,13,18H,1-2H3. The van der Waals surface area contributed by atoms with Crippen molar-refractivity contribution in [3.05, 3.63) is 65.2 Å². The number of nitrogens with one attached hydrogen (secondary N) is 1. The Labute approximate surface area is 108 Å². The Morgan fingerprint density at radius 3 is 2.61 bits per heavy atom. The summed E-state index contributed by atoms with van der Waals surface area (Å²) < 4.78 is 0. The lowest BCUT2D eigenvalue weighted by Gasteiger charge is -2.17. The highest BCUT2D eigenvalue weighted by Crippen LogP contribution is 2.22. The van der Waals surface area contributed by atoms with Crippen molar-refractivity contribution in [1.82, 2.24) is 0 Å². The topological polar surface area (TPSA) is 35.8 Å². The second-order valence-corrected chi connectivity index (χ2v) is 4.42. The minimum atomic E-state index is 0.222. The molecule has 0 aliphatic carbocycles. The first-order chi connectivity index (χ1) is 8.70. The number of benzene rings is 2. The molecule has 0 aliphatic heterocycles. The monoisotopic (exact) mass is 236 g/mol. The van der Waals surface area contributed by atoms with E-state index in [-0.39, 0.29) is 6.04 Å². The van der Waals surface area contributed by atoms with E-state index in [1.165, 1.54) is 11.1 Å². The van der Waals surface area contributed by atoms with E-state index in [4.69, 9.17) is 5.26 Å². The highest BCUT2D eigenvalue weighted by atomic mass is 14.9. The zero-order valence-electron chi connectivity index (χ0n) is 10.6. The van der Waals surface area contributed by atoms with Gasteiger partial charge in [-0.1, -0.05) is 30.3 Å². The largest absolute Gasteiger partial charge is 0.378 e. The summed E-state index contributed by atoms with van der Waals surface area (Å²) in [6, 6.07) is 18.3. The Morgan fingerprint density at radius 1 is 1.11 bits per heavy atom. The molecular formula is C16H16N2. The van der Waals surface area contributed by atoms with Crippen LogP contribution in [0.1, 0.15) is 29.7 Å². The van der Waals surface area contributed by atoms with Crippen LogP contribution >= 0.6 is 0 Å². The summed E-state index contributed by atoms with van der Waals surface area (Å²) in [6.45, 7) is 4.24. The van der Waals surface area contributed by atoms with Crippen molar-refractivity contribution in [3.63, 3.8) is 0 Å². The van der Waals surface area contributed by atoms with Crippen LogP contribution in [0.5, 0.6) is 0 Å². The third kappa shape index (κ3) is 2.70. The van der Waals surface area contributed by atoms with E-state index in [0.717, 1.165) is 5.69 Å². The van der Waals surface area contributed by atoms with Crippen molar-refractivity contribution in [2.45, 2.75) is 19.9 Å². The fourth-order valence-electron chi connectivity index (χ4n) is 2.08. The molecule has 0 aromatic heterocycles. The lowest BCUT2D eigenvalue weighted by atomic mass is 10.0. The molecule has 0 aliphatic rings. The summed E-state index contributed by atoms with van der Waals surface area (Å²) in [5.41, 5.74) is 4.20. The molecule has 1 N–H and O–H groups in total. The van der Waals surface area contributed by atoms with Gasteiger partial charge in [0.05, 0.1) is 11.6 Å². The van der Waals surface area contributed by atoms with Gasteiger partial charge >= 0.3 is 0 Å². The molecule has 2 heteroatoms. The number of anilines is 1. The van der Waals surface area contributed by atoms with Gasteiger partial charge in [-0.25, -0.2) is 0 Å². The average molecular weight is 236 g/mol. The molecule has 0 amide bonds. The van der Waals surface area contributed by atoms with Gasteiger partial charge in [-0.15, -0.1) is 0 Å². The highest BCUT2D eigenvalue weighted by Gasteiger charge is 2.07. The predicted molar refractivity (Wildman–Crippen MR) is 74.4 cm³/mol. The molecule has 0 bridgehead atoms. The van der Waals surface area contributed by atoms with Crippen LogP contribution in [-0.4, -0.2) is 0 Å². The van der Waals surface area contributed by atoms with Crippen molar-refractivity contribution in [2.24, 2.45) is 0 Å². The number of hydrogen-bond donors (Lipinski definition) is 1. The van der Waals surface area contributed by atoms with Gasteiger partial charge in [0, 0.05) is 11.7 Å². The summed E-state index contributed by atoms with van der Waals surface area (Å²) in [6.07, 6.45) is 0. The van der Waals surface area contributed by atoms with E-state index < -0.39 is 0 Å². The van der Waals surface area contributed by atoms with Gasteiger partial charge in [-0.3, -0.25) is 0 Å². The molecule has 0 heterocycles. The SMILES string of the molecule is Cc1ccccc1C(C)Nc1cccc(C#N)c1. The summed E-state index contributed by atoms with van der Waals surface area (Å²) in [5, 5.41) is 12.3. The van der Waals surface area contributed by atoms with Crippen LogP contribution in [0.25, 0.3) is 0 Å². The second kappa shape index (κ2) is 5.37. The Bertz CT molecular complexity index is 582. The van der Waals surface area contributed by atoms with Crippen LogP contribution < -0.4 is 5.32 Å². The van der Waals surface area contributed by atoms with Crippen LogP contribution in [0, 0.1) is 18.3 Å². The molecule has 2 aromatic carbocycles. The Balaban J connectivity index is 2.19. The molecule has 90 valence electrons. The Kier molecular flexibility index (Phi) is 3.64. The maximum absolute atomic E-state index is 8.88. The third-order valence-electron chi connectivity index (χ3n) is 3.03. The summed E-state index contributed by atoms with van der Waals surface area (Å²) >= 11 is 0. The molecule has 0 saturated carbocycles. The number of nitriles is 1. The predicted octanol–water partition coefficient (Wildman–Crippen LogP) is 4.04. The van der Waals surface area contributed by atoms with E-state index >= 15 is 0 Å². The van der Waals surface area contributed by atoms with Gasteiger partial charge in [-0.05, 0) is 43.2 Å². The second-order valence-electron chi connectivity index (χ2n) is 4.42. The molecule has 0 saturated heterocycles. The van der Waals surface area contributed by atoms with Crippen molar-refractivity contribution in [3.8, 4) is 6.07 Å². The summed E-state index contributed by atoms with van der Waals surface area (Å²) in [4.78, 5) is 0.